The van der Waals surface area contributed by atoms with Crippen molar-refractivity contribution in [1.29, 1.82) is 0 Å². The highest BCUT2D eigenvalue weighted by Crippen LogP contribution is 2.31. The van der Waals surface area contributed by atoms with Crippen LogP contribution < -0.4 is 10.2 Å². The van der Waals surface area contributed by atoms with E-state index in [1.54, 1.807) is 0 Å². The van der Waals surface area contributed by atoms with Crippen LogP contribution in [0.25, 0.3) is 0 Å². The van der Waals surface area contributed by atoms with Crippen LogP contribution in [0.3, 0.4) is 0 Å². The van der Waals surface area contributed by atoms with Gasteiger partial charge in [0.15, 0.2) is 0 Å². The maximum Gasteiger partial charge on any atom is 0.128 e. The Morgan fingerprint density at radius 2 is 1.95 bits per heavy atom. The molecule has 1 aliphatic heterocycles. The topological polar surface area (TPSA) is 28.2 Å². The van der Waals surface area contributed by atoms with Gasteiger partial charge in [-0.2, -0.15) is 0 Å². The summed E-state index contributed by atoms with van der Waals surface area (Å²) < 4.78 is 0.943. The third kappa shape index (κ3) is 3.50. The number of piperidine rings is 1. The number of nitrogens with one attached hydrogen (secondary N) is 1. The Hall–Kier alpha value is -1.26. The first kappa shape index (κ1) is 14.7. The molecule has 1 N–H and O–H groups in total. The summed E-state index contributed by atoms with van der Waals surface area (Å²) in [6.45, 7) is 2.04. The van der Waals surface area contributed by atoms with Crippen molar-refractivity contribution in [1.82, 2.24) is 4.98 Å². The number of rotatable bonds is 3. The summed E-state index contributed by atoms with van der Waals surface area (Å²) in [5.74, 6) is 1.07. The minimum absolute atomic E-state index is 0.472. The second-order valence-electron chi connectivity index (χ2n) is 5.19. The van der Waals surface area contributed by atoms with Gasteiger partial charge in [-0.05, 0) is 53.0 Å². The smallest absolute Gasteiger partial charge is 0.128 e. The van der Waals surface area contributed by atoms with Gasteiger partial charge in [-0.25, -0.2) is 4.98 Å². The van der Waals surface area contributed by atoms with Crippen LogP contribution in [0, 0.1) is 0 Å². The molecule has 2 aromatic rings. The van der Waals surface area contributed by atoms with Crippen molar-refractivity contribution in [2.75, 3.05) is 23.3 Å². The van der Waals surface area contributed by atoms with E-state index in [9.17, 15) is 0 Å². The summed E-state index contributed by atoms with van der Waals surface area (Å²) in [4.78, 5) is 6.76. The lowest BCUT2D eigenvalue weighted by atomic mass is 10.0. The fourth-order valence-electron chi connectivity index (χ4n) is 2.63. The number of aromatic nitrogens is 1. The van der Waals surface area contributed by atoms with Gasteiger partial charge in [-0.15, -0.1) is 0 Å². The fourth-order valence-corrected chi connectivity index (χ4v) is 3.18. The maximum atomic E-state index is 6.13. The summed E-state index contributed by atoms with van der Waals surface area (Å²) in [5.41, 5.74) is 1.07. The largest absolute Gasteiger partial charge is 0.381 e. The molecule has 5 heteroatoms. The molecule has 2 heterocycles. The van der Waals surface area contributed by atoms with Crippen molar-refractivity contribution in [2.45, 2.75) is 18.9 Å². The molecule has 21 heavy (non-hydrogen) atoms. The molecule has 3 nitrogen and oxygen atoms in total. The summed E-state index contributed by atoms with van der Waals surface area (Å²) in [7, 11) is 0. The van der Waals surface area contributed by atoms with E-state index >= 15 is 0 Å². The lowest BCUT2D eigenvalue weighted by Gasteiger charge is -2.33. The molecule has 0 atom stereocenters. The monoisotopic (exact) mass is 365 g/mol. The molecule has 1 aromatic carbocycles. The van der Waals surface area contributed by atoms with E-state index in [0.29, 0.717) is 6.04 Å². The Kier molecular flexibility index (Phi) is 4.66. The van der Waals surface area contributed by atoms with Crippen LogP contribution in [-0.2, 0) is 0 Å². The van der Waals surface area contributed by atoms with Gasteiger partial charge in [-0.1, -0.05) is 23.7 Å². The van der Waals surface area contributed by atoms with Crippen molar-refractivity contribution < 1.29 is 0 Å². The van der Waals surface area contributed by atoms with Gasteiger partial charge in [-0.3, -0.25) is 0 Å². The van der Waals surface area contributed by atoms with Crippen LogP contribution in [0.5, 0.6) is 0 Å². The van der Waals surface area contributed by atoms with E-state index < -0.39 is 0 Å². The highest BCUT2D eigenvalue weighted by atomic mass is 79.9. The average molecular weight is 367 g/mol. The molecule has 0 saturated carbocycles. The molecule has 3 rings (SSSR count). The van der Waals surface area contributed by atoms with Crippen molar-refractivity contribution >= 4 is 39.0 Å². The van der Waals surface area contributed by atoms with Gasteiger partial charge in [0.1, 0.15) is 5.82 Å². The molecule has 0 spiro atoms. The molecule has 0 radical (unpaired) electrons. The Labute approximate surface area is 138 Å². The Morgan fingerprint density at radius 3 is 2.67 bits per heavy atom. The van der Waals surface area contributed by atoms with Gasteiger partial charge in [0.2, 0.25) is 0 Å². The number of nitrogens with zero attached hydrogens (tertiary/aromatic N) is 2. The molecular formula is C16H17BrClN3. The Morgan fingerprint density at radius 1 is 1.14 bits per heavy atom. The van der Waals surface area contributed by atoms with Crippen LogP contribution in [0.4, 0.5) is 11.5 Å². The quantitative estimate of drug-likeness (QED) is 0.862. The third-order valence-corrected chi connectivity index (χ3v) is 5.18. The maximum absolute atomic E-state index is 6.13. The van der Waals surface area contributed by atoms with Crippen LogP contribution in [0.15, 0.2) is 47.1 Å². The molecule has 1 fully saturated rings. The minimum Gasteiger partial charge on any atom is -0.381 e. The van der Waals surface area contributed by atoms with Gasteiger partial charge >= 0.3 is 0 Å². The van der Waals surface area contributed by atoms with E-state index in [-0.39, 0.29) is 0 Å². The van der Waals surface area contributed by atoms with E-state index in [4.69, 9.17) is 11.6 Å². The fraction of sp³-hybridized carbons (Fsp3) is 0.312. The summed E-state index contributed by atoms with van der Waals surface area (Å²) in [6.07, 6.45) is 4.04. The molecule has 0 unspecified atom stereocenters. The molecule has 0 bridgehead atoms. The predicted molar refractivity (Wildman–Crippen MR) is 92.2 cm³/mol. The average Bonchev–Trinajstić information content (AvgIpc) is 2.53. The zero-order valence-corrected chi connectivity index (χ0v) is 13.9. The lowest BCUT2D eigenvalue weighted by molar-refractivity contribution is 0.523. The molecule has 0 amide bonds. The lowest BCUT2D eigenvalue weighted by Crippen LogP contribution is -2.39. The number of halogens is 2. The molecule has 0 aliphatic carbocycles. The SMILES string of the molecule is Clc1cccc(NC2CCN(c3ccccn3)CC2)c1Br. The van der Waals surface area contributed by atoms with Crippen LogP contribution in [-0.4, -0.2) is 24.1 Å². The third-order valence-electron chi connectivity index (χ3n) is 3.78. The van der Waals surface area contributed by atoms with Crippen molar-refractivity contribution in [3.8, 4) is 0 Å². The first-order valence-electron chi connectivity index (χ1n) is 7.10. The second-order valence-corrected chi connectivity index (χ2v) is 6.40. The van der Waals surface area contributed by atoms with E-state index in [0.717, 1.165) is 46.9 Å². The van der Waals surface area contributed by atoms with E-state index in [1.807, 2.05) is 30.5 Å². The van der Waals surface area contributed by atoms with Crippen molar-refractivity contribution in [3.63, 3.8) is 0 Å². The molecule has 1 aromatic heterocycles. The zero-order chi connectivity index (χ0) is 14.7. The predicted octanol–water partition coefficient (Wildman–Crippen LogP) is 4.58. The number of hydrogen-bond donors (Lipinski definition) is 1. The van der Waals surface area contributed by atoms with Crippen molar-refractivity contribution in [3.05, 3.63) is 52.1 Å². The number of anilines is 2. The van der Waals surface area contributed by atoms with Crippen molar-refractivity contribution in [2.24, 2.45) is 0 Å². The zero-order valence-electron chi connectivity index (χ0n) is 11.6. The normalized spacial score (nSPS) is 16.0. The van der Waals surface area contributed by atoms with E-state index in [2.05, 4.69) is 43.3 Å². The molecule has 1 aliphatic rings. The Bertz CT molecular complexity index is 598. The van der Waals surface area contributed by atoms with Crippen LogP contribution >= 0.6 is 27.5 Å². The van der Waals surface area contributed by atoms with E-state index in [1.165, 1.54) is 0 Å². The van der Waals surface area contributed by atoms with Gasteiger partial charge in [0, 0.05) is 25.3 Å². The number of benzene rings is 1. The molecule has 110 valence electrons. The van der Waals surface area contributed by atoms with Gasteiger partial charge in [0.05, 0.1) is 15.2 Å². The molecule has 1 saturated heterocycles. The van der Waals surface area contributed by atoms with Gasteiger partial charge in [0.25, 0.3) is 0 Å². The summed E-state index contributed by atoms with van der Waals surface area (Å²) in [5, 5.41) is 4.33. The highest BCUT2D eigenvalue weighted by molar-refractivity contribution is 9.10. The number of pyridine rings is 1. The minimum atomic E-state index is 0.472. The number of hydrogen-bond acceptors (Lipinski definition) is 3. The summed E-state index contributed by atoms with van der Waals surface area (Å²) in [6, 6.07) is 12.4. The highest BCUT2D eigenvalue weighted by Gasteiger charge is 2.20. The second kappa shape index (κ2) is 6.67. The van der Waals surface area contributed by atoms with Gasteiger partial charge < -0.3 is 10.2 Å². The van der Waals surface area contributed by atoms with Crippen LogP contribution in [0.1, 0.15) is 12.8 Å². The van der Waals surface area contributed by atoms with Crippen LogP contribution in [0.2, 0.25) is 5.02 Å². The molecular weight excluding hydrogens is 350 g/mol. The first-order chi connectivity index (χ1) is 10.2. The standard InChI is InChI=1S/C16H17BrClN3/c17-16-13(18)4-3-5-14(16)20-12-7-10-21(11-8-12)15-6-1-2-9-19-15/h1-6,9,12,20H,7-8,10-11H2. The first-order valence-corrected chi connectivity index (χ1v) is 8.27. The summed E-state index contributed by atoms with van der Waals surface area (Å²) >= 11 is 9.67. The Balaban J connectivity index is 1.60.